The van der Waals surface area contributed by atoms with E-state index in [1.807, 2.05) is 0 Å². The zero-order valence-electron chi connectivity index (χ0n) is 35.5. The number of hydrogen-bond donors (Lipinski definition) is 0. The first-order chi connectivity index (χ1) is 30.6. The molecule has 0 aliphatic heterocycles. The van der Waals surface area contributed by atoms with Crippen LogP contribution in [0.2, 0.25) is 0 Å². The third kappa shape index (κ3) is 4.76. The van der Waals surface area contributed by atoms with Crippen LogP contribution in [-0.2, 0) is 10.8 Å². The van der Waals surface area contributed by atoms with Crippen molar-refractivity contribution in [2.75, 3.05) is 4.90 Å². The van der Waals surface area contributed by atoms with Gasteiger partial charge in [-0.2, -0.15) is 0 Å². The molecule has 0 radical (unpaired) electrons. The minimum Gasteiger partial charge on any atom is -0.310 e. The molecule has 2 spiro atoms. The Morgan fingerprint density at radius 3 is 1.45 bits per heavy atom. The van der Waals surface area contributed by atoms with Crippen molar-refractivity contribution in [3.8, 4) is 16.8 Å². The molecular weight excluding hydrogens is 749 g/mol. The largest absolute Gasteiger partial charge is 0.310 e. The summed E-state index contributed by atoms with van der Waals surface area (Å²) in [5.74, 6) is 2.66. The molecule has 2 bridgehead atoms. The molecule has 1 aromatic heterocycles. The molecule has 1 heterocycles. The topological polar surface area (TPSA) is 8.17 Å². The summed E-state index contributed by atoms with van der Waals surface area (Å²) in [7, 11) is 0. The van der Waals surface area contributed by atoms with Gasteiger partial charge >= 0.3 is 0 Å². The molecule has 0 unspecified atom stereocenters. The summed E-state index contributed by atoms with van der Waals surface area (Å²) in [6.45, 7) is 5.05. The second-order valence-electron chi connectivity index (χ2n) is 19.1. The SMILES string of the molecule is CC1CC2CC(C)CC(C1)C21c2ccccc2C2(c3ccccc3-c3ccccc32)c2cc(N(c3ccccc3)c3ccc(-n4c5ccccc5c5ccccc54)cc3)ccc21. The predicted octanol–water partition coefficient (Wildman–Crippen LogP) is 15.3. The molecular formula is C60H50N2. The van der Waals surface area contributed by atoms with Gasteiger partial charge in [0.2, 0.25) is 0 Å². The van der Waals surface area contributed by atoms with Gasteiger partial charge in [-0.25, -0.2) is 0 Å². The van der Waals surface area contributed by atoms with Gasteiger partial charge < -0.3 is 9.47 Å². The fraction of sp³-hybridized carbons (Fsp3) is 0.200. The highest BCUT2D eigenvalue weighted by Gasteiger charge is 2.62. The number of hydrogen-bond acceptors (Lipinski definition) is 1. The van der Waals surface area contributed by atoms with Crippen molar-refractivity contribution < 1.29 is 0 Å². The maximum atomic E-state index is 2.64. The number of fused-ring (bicyclic) bond motifs is 12. The van der Waals surface area contributed by atoms with Crippen LogP contribution in [0.3, 0.4) is 0 Å². The lowest BCUT2D eigenvalue weighted by molar-refractivity contribution is 0.0238. The van der Waals surface area contributed by atoms with Gasteiger partial charge in [0, 0.05) is 38.9 Å². The highest BCUT2D eigenvalue weighted by atomic mass is 15.1. The molecule has 2 saturated carbocycles. The lowest BCUT2D eigenvalue weighted by Gasteiger charge is -2.61. The van der Waals surface area contributed by atoms with Crippen molar-refractivity contribution in [3.05, 3.63) is 228 Å². The Labute approximate surface area is 365 Å². The molecule has 4 aliphatic carbocycles. The van der Waals surface area contributed by atoms with E-state index < -0.39 is 5.41 Å². The fourth-order valence-electron chi connectivity index (χ4n) is 13.9. The van der Waals surface area contributed by atoms with Crippen molar-refractivity contribution in [1.29, 1.82) is 0 Å². The first kappa shape index (κ1) is 36.1. The summed E-state index contributed by atoms with van der Waals surface area (Å²) in [5.41, 5.74) is 18.2. The van der Waals surface area contributed by atoms with Crippen molar-refractivity contribution in [2.24, 2.45) is 23.7 Å². The van der Waals surface area contributed by atoms with Crippen molar-refractivity contribution >= 4 is 38.9 Å². The Morgan fingerprint density at radius 2 is 0.855 bits per heavy atom. The standard InChI is InChI=1S/C60H50N2/c1-39-34-41-36-40(2)37-42(35-39)59(41)53-24-12-13-25-54(53)60(51-22-10-6-18-47(51)48-19-7-11-23-52(48)60)56-38-46(32-33-55(56)59)61(43-16-4-3-5-17-43)44-28-30-45(31-29-44)62-57-26-14-8-20-49(57)50-21-9-15-27-58(50)62/h3-33,38-42H,34-37H2,1-2H3. The molecule has 62 heavy (non-hydrogen) atoms. The van der Waals surface area contributed by atoms with Gasteiger partial charge in [0.15, 0.2) is 0 Å². The van der Waals surface area contributed by atoms with Crippen molar-refractivity contribution in [2.45, 2.75) is 50.4 Å². The van der Waals surface area contributed by atoms with E-state index in [0.29, 0.717) is 11.8 Å². The molecule has 8 aromatic carbocycles. The molecule has 0 atom stereocenters. The van der Waals surface area contributed by atoms with Gasteiger partial charge in [-0.3, -0.25) is 0 Å². The summed E-state index contributed by atoms with van der Waals surface area (Å²) in [6, 6.07) is 73.9. The summed E-state index contributed by atoms with van der Waals surface area (Å²) in [4.78, 5) is 2.50. The van der Waals surface area contributed by atoms with E-state index in [0.717, 1.165) is 28.9 Å². The minimum absolute atomic E-state index is 0.0389. The lowest BCUT2D eigenvalue weighted by atomic mass is 9.41. The molecule has 9 aromatic rings. The smallest absolute Gasteiger partial charge is 0.0720 e. The van der Waals surface area contributed by atoms with Gasteiger partial charge in [-0.15, -0.1) is 0 Å². The van der Waals surface area contributed by atoms with Crippen LogP contribution in [0.5, 0.6) is 0 Å². The predicted molar refractivity (Wildman–Crippen MR) is 257 cm³/mol. The number of benzene rings is 8. The minimum atomic E-state index is -0.452. The van der Waals surface area contributed by atoms with E-state index in [1.165, 1.54) is 86.6 Å². The Hall–Kier alpha value is -6.64. The van der Waals surface area contributed by atoms with Crippen LogP contribution < -0.4 is 4.90 Å². The van der Waals surface area contributed by atoms with Crippen LogP contribution in [0, 0.1) is 23.7 Å². The van der Waals surface area contributed by atoms with E-state index in [2.05, 4.69) is 217 Å². The maximum Gasteiger partial charge on any atom is 0.0720 e. The highest BCUT2D eigenvalue weighted by Crippen LogP contribution is 2.69. The Balaban J connectivity index is 1.07. The van der Waals surface area contributed by atoms with Crippen LogP contribution in [0.1, 0.15) is 72.9 Å². The monoisotopic (exact) mass is 798 g/mol. The summed E-state index contributed by atoms with van der Waals surface area (Å²) in [6.07, 6.45) is 5.13. The van der Waals surface area contributed by atoms with Crippen LogP contribution in [0.4, 0.5) is 17.1 Å². The summed E-state index contributed by atoms with van der Waals surface area (Å²) >= 11 is 0. The van der Waals surface area contributed by atoms with E-state index >= 15 is 0 Å². The number of aromatic nitrogens is 1. The van der Waals surface area contributed by atoms with E-state index in [9.17, 15) is 0 Å². The number of rotatable bonds is 4. The Bertz CT molecular complexity index is 3080. The maximum absolute atomic E-state index is 2.64. The van der Waals surface area contributed by atoms with E-state index in [-0.39, 0.29) is 5.41 Å². The Morgan fingerprint density at radius 1 is 0.403 bits per heavy atom. The number of para-hydroxylation sites is 3. The first-order valence-electron chi connectivity index (χ1n) is 22.9. The summed E-state index contributed by atoms with van der Waals surface area (Å²) < 4.78 is 2.42. The normalized spacial score (nSPS) is 22.6. The van der Waals surface area contributed by atoms with Gasteiger partial charge in [-0.1, -0.05) is 147 Å². The van der Waals surface area contributed by atoms with Gasteiger partial charge in [0.25, 0.3) is 0 Å². The van der Waals surface area contributed by atoms with E-state index in [4.69, 9.17) is 0 Å². The van der Waals surface area contributed by atoms with Crippen molar-refractivity contribution in [3.63, 3.8) is 0 Å². The summed E-state index contributed by atoms with van der Waals surface area (Å²) in [5, 5.41) is 2.56. The average Bonchev–Trinajstić information content (AvgIpc) is 3.80. The Kier molecular flexibility index (Phi) is 7.81. The first-order valence-corrected chi connectivity index (χ1v) is 22.9. The lowest BCUT2D eigenvalue weighted by Crippen LogP contribution is -2.56. The van der Waals surface area contributed by atoms with Gasteiger partial charge in [0.05, 0.1) is 16.4 Å². The quantitative estimate of drug-likeness (QED) is 0.172. The third-order valence-electron chi connectivity index (χ3n) is 15.8. The molecule has 0 saturated heterocycles. The van der Waals surface area contributed by atoms with Crippen LogP contribution in [-0.4, -0.2) is 4.57 Å². The number of anilines is 3. The zero-order chi connectivity index (χ0) is 41.2. The van der Waals surface area contributed by atoms with Crippen LogP contribution >= 0.6 is 0 Å². The molecule has 2 heteroatoms. The second-order valence-corrected chi connectivity index (χ2v) is 19.1. The molecule has 2 nitrogen and oxygen atoms in total. The van der Waals surface area contributed by atoms with Gasteiger partial charge in [0.1, 0.15) is 0 Å². The molecule has 0 amide bonds. The molecule has 300 valence electrons. The average molecular weight is 799 g/mol. The third-order valence-corrected chi connectivity index (χ3v) is 15.8. The number of nitrogens with zero attached hydrogens (tertiary/aromatic N) is 2. The molecule has 4 aliphatic rings. The zero-order valence-corrected chi connectivity index (χ0v) is 35.5. The highest BCUT2D eigenvalue weighted by molar-refractivity contribution is 6.09. The second kappa shape index (κ2) is 13.4. The van der Waals surface area contributed by atoms with E-state index in [1.54, 1.807) is 11.1 Å². The molecule has 13 rings (SSSR count). The fourth-order valence-corrected chi connectivity index (χ4v) is 13.9. The van der Waals surface area contributed by atoms with Crippen LogP contribution in [0.25, 0.3) is 38.6 Å². The molecule has 0 N–H and O–H groups in total. The molecule has 2 fully saturated rings. The van der Waals surface area contributed by atoms with Crippen molar-refractivity contribution in [1.82, 2.24) is 4.57 Å². The van der Waals surface area contributed by atoms with Crippen LogP contribution in [0.15, 0.2) is 194 Å². The van der Waals surface area contributed by atoms with Gasteiger partial charge in [-0.05, 0) is 155 Å².